The number of nitrogens with one attached hydrogen (secondary N) is 1. The normalized spacial score (nSPS) is 34.7. The predicted molar refractivity (Wildman–Crippen MR) is 89.7 cm³/mol. The molecule has 0 aromatic carbocycles. The lowest BCUT2D eigenvalue weighted by molar-refractivity contribution is -0.127. The minimum Gasteiger partial charge on any atom is -0.351 e. The Bertz CT molecular complexity index is 502. The van der Waals surface area contributed by atoms with Crippen molar-refractivity contribution in [2.24, 2.45) is 17.8 Å². The van der Waals surface area contributed by atoms with Gasteiger partial charge >= 0.3 is 0 Å². The van der Waals surface area contributed by atoms with E-state index >= 15 is 0 Å². The number of unbranched alkanes of at least 4 members (excludes halogenated alkanes) is 2. The van der Waals surface area contributed by atoms with E-state index in [2.05, 4.69) is 14.9 Å². The minimum atomic E-state index is 0.183. The monoisotopic (exact) mass is 315 g/mol. The van der Waals surface area contributed by atoms with Crippen LogP contribution >= 0.6 is 0 Å². The number of hydrogen-bond donors (Lipinski definition) is 1. The zero-order valence-electron chi connectivity index (χ0n) is 14.0. The third-order valence-electron chi connectivity index (χ3n) is 6.32. The first kappa shape index (κ1) is 15.2. The Balaban J connectivity index is 1.18. The first-order valence-electron chi connectivity index (χ1n) is 9.47. The van der Waals surface area contributed by atoms with Crippen molar-refractivity contribution in [3.8, 4) is 0 Å². The highest BCUT2D eigenvalue weighted by molar-refractivity contribution is 5.76. The molecule has 0 unspecified atom stereocenters. The first-order chi connectivity index (χ1) is 11.2. The molecule has 0 spiro atoms. The van der Waals surface area contributed by atoms with Crippen LogP contribution in [0, 0.1) is 17.8 Å². The number of imidazole rings is 1. The molecule has 4 nitrogen and oxygen atoms in total. The summed E-state index contributed by atoms with van der Waals surface area (Å²) in [5.74, 6) is 3.00. The second kappa shape index (κ2) is 6.29. The topological polar surface area (TPSA) is 46.9 Å². The summed E-state index contributed by atoms with van der Waals surface area (Å²) in [7, 11) is 0. The molecule has 1 N–H and O–H groups in total. The van der Waals surface area contributed by atoms with E-state index in [4.69, 9.17) is 0 Å². The highest BCUT2D eigenvalue weighted by Crippen LogP contribution is 2.55. The molecule has 4 bridgehead atoms. The first-order valence-corrected chi connectivity index (χ1v) is 9.47. The van der Waals surface area contributed by atoms with Crippen LogP contribution in [0.15, 0.2) is 18.7 Å². The van der Waals surface area contributed by atoms with Gasteiger partial charge in [-0.2, -0.15) is 0 Å². The molecule has 1 heterocycles. The molecule has 4 aliphatic carbocycles. The van der Waals surface area contributed by atoms with Gasteiger partial charge in [0.15, 0.2) is 0 Å². The summed E-state index contributed by atoms with van der Waals surface area (Å²) in [5, 5.41) is 3.47. The minimum absolute atomic E-state index is 0.183. The zero-order chi connectivity index (χ0) is 15.7. The SMILES string of the molecule is O=C(CCCCCn1ccnc1)NC12CC3CC(CC(C3)C1)C2. The van der Waals surface area contributed by atoms with E-state index in [1.807, 2.05) is 18.7 Å². The highest BCUT2D eigenvalue weighted by Gasteiger charge is 2.51. The molecule has 0 radical (unpaired) electrons. The van der Waals surface area contributed by atoms with Crippen LogP contribution in [-0.4, -0.2) is 21.0 Å². The van der Waals surface area contributed by atoms with E-state index < -0.39 is 0 Å². The average molecular weight is 315 g/mol. The van der Waals surface area contributed by atoms with E-state index in [0.29, 0.717) is 12.3 Å². The molecule has 4 fully saturated rings. The van der Waals surface area contributed by atoms with Gasteiger partial charge in [0.25, 0.3) is 0 Å². The van der Waals surface area contributed by atoms with Crippen molar-refractivity contribution in [3.63, 3.8) is 0 Å². The fourth-order valence-corrected chi connectivity index (χ4v) is 5.80. The van der Waals surface area contributed by atoms with Crippen LogP contribution in [0.2, 0.25) is 0 Å². The molecule has 23 heavy (non-hydrogen) atoms. The van der Waals surface area contributed by atoms with Gasteiger partial charge in [-0.05, 0) is 69.1 Å². The number of carbonyl (C=O) groups excluding carboxylic acids is 1. The number of carbonyl (C=O) groups is 1. The molecule has 5 rings (SSSR count). The molecule has 1 aromatic rings. The van der Waals surface area contributed by atoms with Gasteiger partial charge in [0.05, 0.1) is 6.33 Å². The Morgan fingerprint density at radius 3 is 2.39 bits per heavy atom. The highest BCUT2D eigenvalue weighted by atomic mass is 16.1. The average Bonchev–Trinajstić information content (AvgIpc) is 2.98. The summed E-state index contributed by atoms with van der Waals surface area (Å²) < 4.78 is 2.11. The number of hydrogen-bond acceptors (Lipinski definition) is 2. The van der Waals surface area contributed by atoms with Crippen LogP contribution in [0.25, 0.3) is 0 Å². The van der Waals surface area contributed by atoms with Crippen LogP contribution < -0.4 is 5.32 Å². The van der Waals surface area contributed by atoms with Crippen molar-refractivity contribution in [1.29, 1.82) is 0 Å². The number of rotatable bonds is 7. The van der Waals surface area contributed by atoms with Gasteiger partial charge < -0.3 is 9.88 Å². The van der Waals surface area contributed by atoms with E-state index in [0.717, 1.165) is 43.6 Å². The van der Waals surface area contributed by atoms with Crippen molar-refractivity contribution < 1.29 is 4.79 Å². The Hall–Kier alpha value is -1.32. The molecular weight excluding hydrogens is 286 g/mol. The van der Waals surface area contributed by atoms with Gasteiger partial charge in [0.1, 0.15) is 0 Å². The van der Waals surface area contributed by atoms with Crippen LogP contribution in [-0.2, 0) is 11.3 Å². The van der Waals surface area contributed by atoms with Crippen LogP contribution in [0.5, 0.6) is 0 Å². The maximum absolute atomic E-state index is 12.4. The molecule has 126 valence electrons. The van der Waals surface area contributed by atoms with E-state index in [9.17, 15) is 4.79 Å². The maximum Gasteiger partial charge on any atom is 0.220 e. The number of nitrogens with zero attached hydrogens (tertiary/aromatic N) is 2. The molecule has 4 saturated carbocycles. The maximum atomic E-state index is 12.4. The largest absolute Gasteiger partial charge is 0.351 e. The van der Waals surface area contributed by atoms with Gasteiger partial charge in [0, 0.05) is 30.9 Å². The smallest absolute Gasteiger partial charge is 0.220 e. The third-order valence-corrected chi connectivity index (χ3v) is 6.32. The molecule has 1 aromatic heterocycles. The molecular formula is C19H29N3O. The predicted octanol–water partition coefficient (Wildman–Crippen LogP) is 3.53. The summed E-state index contributed by atoms with van der Waals surface area (Å²) in [4.78, 5) is 16.4. The van der Waals surface area contributed by atoms with Crippen LogP contribution in [0.4, 0.5) is 0 Å². The lowest BCUT2D eigenvalue weighted by Gasteiger charge is -2.56. The van der Waals surface area contributed by atoms with Crippen molar-refractivity contribution in [1.82, 2.24) is 14.9 Å². The molecule has 4 aliphatic rings. The Labute approximate surface area is 139 Å². The van der Waals surface area contributed by atoms with Crippen molar-refractivity contribution in [3.05, 3.63) is 18.7 Å². The number of aromatic nitrogens is 2. The van der Waals surface area contributed by atoms with Gasteiger partial charge in [-0.25, -0.2) is 4.98 Å². The van der Waals surface area contributed by atoms with E-state index in [1.165, 1.54) is 38.5 Å². The van der Waals surface area contributed by atoms with E-state index in [-0.39, 0.29) is 5.54 Å². The van der Waals surface area contributed by atoms with E-state index in [1.54, 1.807) is 0 Å². The fourth-order valence-electron chi connectivity index (χ4n) is 5.80. The Morgan fingerprint density at radius 1 is 1.09 bits per heavy atom. The third kappa shape index (κ3) is 3.46. The van der Waals surface area contributed by atoms with Gasteiger partial charge in [-0.15, -0.1) is 0 Å². The van der Waals surface area contributed by atoms with Crippen molar-refractivity contribution >= 4 is 5.91 Å². The van der Waals surface area contributed by atoms with Gasteiger partial charge in [-0.1, -0.05) is 6.42 Å². The number of amides is 1. The van der Waals surface area contributed by atoms with Crippen LogP contribution in [0.1, 0.15) is 64.2 Å². The summed E-state index contributed by atoms with van der Waals surface area (Å²) in [6.45, 7) is 1.01. The summed E-state index contributed by atoms with van der Waals surface area (Å²) in [5.41, 5.74) is 0.183. The summed E-state index contributed by atoms with van der Waals surface area (Å²) in [6.07, 6.45) is 17.7. The Kier molecular flexibility index (Phi) is 4.16. The molecule has 4 heteroatoms. The second-order valence-corrected chi connectivity index (χ2v) is 8.36. The quantitative estimate of drug-likeness (QED) is 0.783. The standard InChI is InChI=1S/C19H29N3O/c23-18(4-2-1-3-6-22-7-5-20-14-22)21-19-11-15-8-16(12-19)10-17(9-15)13-19/h5,7,14-17H,1-4,6,8-13H2,(H,21,23). The molecule has 0 atom stereocenters. The van der Waals surface area contributed by atoms with Crippen LogP contribution in [0.3, 0.4) is 0 Å². The lowest BCUT2D eigenvalue weighted by atomic mass is 9.53. The summed E-state index contributed by atoms with van der Waals surface area (Å²) in [6, 6.07) is 0. The van der Waals surface area contributed by atoms with Crippen molar-refractivity contribution in [2.45, 2.75) is 76.3 Å². The molecule has 0 aliphatic heterocycles. The Morgan fingerprint density at radius 2 is 1.78 bits per heavy atom. The number of aryl methyl sites for hydroxylation is 1. The van der Waals surface area contributed by atoms with Gasteiger partial charge in [-0.3, -0.25) is 4.79 Å². The molecule has 0 saturated heterocycles. The molecule has 1 amide bonds. The zero-order valence-corrected chi connectivity index (χ0v) is 14.0. The van der Waals surface area contributed by atoms with Crippen molar-refractivity contribution in [2.75, 3.05) is 0 Å². The fraction of sp³-hybridized carbons (Fsp3) is 0.789. The summed E-state index contributed by atoms with van der Waals surface area (Å²) >= 11 is 0. The lowest BCUT2D eigenvalue weighted by Crippen LogP contribution is -2.59. The van der Waals surface area contributed by atoms with Gasteiger partial charge in [0.2, 0.25) is 5.91 Å². The second-order valence-electron chi connectivity index (χ2n) is 8.36.